The third kappa shape index (κ3) is 12.3. The molecule has 0 saturated carbocycles. The maximum Gasteiger partial charge on any atom is 0.488 e. The molecule has 0 amide bonds. The van der Waals surface area contributed by atoms with Crippen molar-refractivity contribution < 1.29 is 10.0 Å². The maximum atomic E-state index is 9.15. The van der Waals surface area contributed by atoms with E-state index in [0.717, 1.165) is 58.8 Å². The molecule has 8 nitrogen and oxygen atoms in total. The van der Waals surface area contributed by atoms with Gasteiger partial charge in [-0.25, -0.2) is 29.9 Å². The number of aromatic nitrogens is 6. The number of nitrogens with zero attached hydrogens (tertiary/aromatic N) is 6. The molecule has 0 aliphatic rings. The van der Waals surface area contributed by atoms with Gasteiger partial charge in [-0.3, -0.25) is 0 Å². The fraction of sp³-hybridized carbons (Fsp3) is 0. The zero-order valence-corrected chi connectivity index (χ0v) is 54.4. The lowest BCUT2D eigenvalue weighted by atomic mass is 9.80. The second kappa shape index (κ2) is 25.9. The van der Waals surface area contributed by atoms with E-state index in [1.807, 2.05) is 156 Å². The molecule has 17 rings (SSSR count). The highest BCUT2D eigenvalue weighted by Gasteiger charge is 2.17. The van der Waals surface area contributed by atoms with Gasteiger partial charge in [0.1, 0.15) is 0 Å². The Morgan fingerprint density at radius 2 is 0.478 bits per heavy atom. The van der Waals surface area contributed by atoms with Crippen LogP contribution in [0.25, 0.3) is 151 Å². The van der Waals surface area contributed by atoms with E-state index in [0.29, 0.717) is 40.4 Å². The summed E-state index contributed by atoms with van der Waals surface area (Å²) in [6.07, 6.45) is 0. The molecule has 17 aromatic rings. The average Bonchev–Trinajstić information content (AvgIpc) is 1.61. The standard InChI is InChI=1S/C45H27N3S2.C21H13Br2N3.C12H9BO2S/c1-2-8-30(9-3-1)43-46-44(31-18-14-28(15-19-31)33-22-24-41-37(26-33)35-10-4-6-12-39(35)49-41)48-45(47-43)32-20-16-29(17-21-32)34-23-25-42-38(27-34)36-11-5-7-13-40(36)50-42;22-17-10-6-15(7-11-17)20-24-19(14-4-2-1-3-5-14)25-21(26-20)16-8-12-18(23)13-9-16;14-13(15)8-5-6-12-10(7-8)9-3-1-2-4-11(9)16-12/h1-27H;1-13H;1-7,14-15H. The first kappa shape index (κ1) is 58.6. The van der Waals surface area contributed by atoms with Crippen molar-refractivity contribution in [1.82, 2.24) is 29.9 Å². The maximum absolute atomic E-state index is 9.15. The van der Waals surface area contributed by atoms with Crippen molar-refractivity contribution in [3.8, 4) is 90.6 Å². The second-order valence-corrected chi connectivity index (χ2v) is 26.9. The summed E-state index contributed by atoms with van der Waals surface area (Å²) in [5.41, 5.74) is 11.0. The van der Waals surface area contributed by atoms with Gasteiger partial charge >= 0.3 is 7.12 Å². The Morgan fingerprint density at radius 1 is 0.228 bits per heavy atom. The summed E-state index contributed by atoms with van der Waals surface area (Å²) in [6.45, 7) is 0. The summed E-state index contributed by atoms with van der Waals surface area (Å²) < 4.78 is 9.69. The molecule has 0 aliphatic heterocycles. The topological polar surface area (TPSA) is 118 Å². The van der Waals surface area contributed by atoms with Gasteiger partial charge in [-0.2, -0.15) is 0 Å². The highest BCUT2D eigenvalue weighted by molar-refractivity contribution is 9.10. The lowest BCUT2D eigenvalue weighted by molar-refractivity contribution is 0.426. The molecule has 5 heterocycles. The van der Waals surface area contributed by atoms with Crippen LogP contribution in [0.4, 0.5) is 0 Å². The van der Waals surface area contributed by atoms with E-state index in [1.54, 1.807) is 17.4 Å². The van der Waals surface area contributed by atoms with Gasteiger partial charge in [-0.05, 0) is 106 Å². The number of halogens is 2. The summed E-state index contributed by atoms with van der Waals surface area (Å²) in [7, 11) is -1.40. The normalized spacial score (nSPS) is 11.3. The highest BCUT2D eigenvalue weighted by atomic mass is 79.9. The molecular weight excluding hydrogens is 1320 g/mol. The van der Waals surface area contributed by atoms with Crippen LogP contribution in [0.2, 0.25) is 0 Å². The number of hydrogen-bond donors (Lipinski definition) is 2. The second-order valence-electron chi connectivity index (χ2n) is 21.9. The van der Waals surface area contributed by atoms with Crippen LogP contribution in [0, 0.1) is 0 Å². The number of thiophene rings is 3. The summed E-state index contributed by atoms with van der Waals surface area (Å²) in [4.78, 5) is 29.1. The summed E-state index contributed by atoms with van der Waals surface area (Å²) in [5.74, 6) is 3.94. The van der Waals surface area contributed by atoms with Crippen molar-refractivity contribution >= 4 is 139 Å². The summed E-state index contributed by atoms with van der Waals surface area (Å²) in [5, 5.41) is 25.8. The molecule has 5 aromatic heterocycles. The van der Waals surface area contributed by atoms with Crippen molar-refractivity contribution in [2.45, 2.75) is 0 Å². The monoisotopic (exact) mass is 1370 g/mol. The first-order valence-corrected chi connectivity index (χ1v) is 33.7. The SMILES string of the molecule is Brc1ccc(-c2nc(-c3ccccc3)nc(-c3ccc(Br)cc3)n2)cc1.OB(O)c1ccc2sc3ccccc3c2c1.c1ccc(-c2nc(-c3ccc(-c4ccc5sc6ccccc6c5c4)cc3)nc(-c3ccc(-c4ccc5sc6ccccc6c5c4)cc3)n2)cc1. The Morgan fingerprint density at radius 3 is 0.815 bits per heavy atom. The van der Waals surface area contributed by atoms with Crippen molar-refractivity contribution in [3.05, 3.63) is 294 Å². The molecule has 0 saturated heterocycles. The Kier molecular flexibility index (Phi) is 16.5. The number of benzene rings is 12. The van der Waals surface area contributed by atoms with Crippen molar-refractivity contribution in [3.63, 3.8) is 0 Å². The minimum Gasteiger partial charge on any atom is -0.423 e. The quantitative estimate of drug-likeness (QED) is 0.137. The van der Waals surface area contributed by atoms with Crippen molar-refractivity contribution in [1.29, 1.82) is 0 Å². The first-order valence-electron chi connectivity index (χ1n) is 29.6. The predicted octanol–water partition coefficient (Wildman–Crippen LogP) is 21.1. The molecule has 0 atom stereocenters. The number of fused-ring (bicyclic) bond motifs is 9. The summed E-state index contributed by atoms with van der Waals surface area (Å²) in [6, 6.07) is 97.6. The highest BCUT2D eigenvalue weighted by Crippen LogP contribution is 2.40. The van der Waals surface area contributed by atoms with E-state index in [2.05, 4.69) is 177 Å². The van der Waals surface area contributed by atoms with Crippen molar-refractivity contribution in [2.24, 2.45) is 0 Å². The average molecular weight is 1370 g/mol. The van der Waals surface area contributed by atoms with E-state index in [1.165, 1.54) is 66.3 Å². The number of hydrogen-bond acceptors (Lipinski definition) is 11. The lowest BCUT2D eigenvalue weighted by Crippen LogP contribution is -2.29. The molecule has 0 fully saturated rings. The van der Waals surface area contributed by atoms with Crippen LogP contribution < -0.4 is 5.46 Å². The molecule has 2 N–H and O–H groups in total. The van der Waals surface area contributed by atoms with E-state index in [9.17, 15) is 0 Å². The van der Waals surface area contributed by atoms with Crippen LogP contribution in [0.1, 0.15) is 0 Å². The van der Waals surface area contributed by atoms with Gasteiger partial charge in [0.15, 0.2) is 34.9 Å². The van der Waals surface area contributed by atoms with Crippen LogP contribution in [-0.2, 0) is 0 Å². The van der Waals surface area contributed by atoms with Crippen LogP contribution in [-0.4, -0.2) is 47.1 Å². The molecule has 14 heteroatoms. The molecule has 438 valence electrons. The molecule has 0 spiro atoms. The van der Waals surface area contributed by atoms with E-state index in [-0.39, 0.29) is 0 Å². The van der Waals surface area contributed by atoms with Crippen LogP contribution in [0.3, 0.4) is 0 Å². The molecule has 12 aromatic carbocycles. The summed E-state index contributed by atoms with van der Waals surface area (Å²) >= 11 is 12.3. The Bertz CT molecular complexity index is 5280. The van der Waals surface area contributed by atoms with E-state index >= 15 is 0 Å². The molecule has 0 radical (unpaired) electrons. The predicted molar refractivity (Wildman–Crippen MR) is 393 cm³/mol. The zero-order valence-electron chi connectivity index (χ0n) is 48.8. The van der Waals surface area contributed by atoms with Gasteiger partial charge in [-0.15, -0.1) is 34.0 Å². The Labute approximate surface area is 559 Å². The van der Waals surface area contributed by atoms with Gasteiger partial charge in [0.05, 0.1) is 0 Å². The van der Waals surface area contributed by atoms with Gasteiger partial charge in [0.25, 0.3) is 0 Å². The smallest absolute Gasteiger partial charge is 0.423 e. The Balaban J connectivity index is 0.000000138. The molecule has 0 bridgehead atoms. The molecule has 0 aliphatic carbocycles. The van der Waals surface area contributed by atoms with E-state index in [4.69, 9.17) is 40.0 Å². The third-order valence-electron chi connectivity index (χ3n) is 15.9. The van der Waals surface area contributed by atoms with Gasteiger partial charge in [0.2, 0.25) is 0 Å². The molecule has 92 heavy (non-hydrogen) atoms. The van der Waals surface area contributed by atoms with Gasteiger partial charge in [-0.1, -0.05) is 244 Å². The third-order valence-corrected chi connectivity index (χ3v) is 20.5. The minimum absolute atomic E-state index is 0.538. The minimum atomic E-state index is -1.40. The van der Waals surface area contributed by atoms with Crippen LogP contribution in [0.15, 0.2) is 294 Å². The fourth-order valence-electron chi connectivity index (χ4n) is 11.2. The molecule has 0 unspecified atom stereocenters. The fourth-order valence-corrected chi connectivity index (χ4v) is 15.0. The first-order chi connectivity index (χ1) is 45.2. The molecular formula is C78H49BBr2N6O2S3. The lowest BCUT2D eigenvalue weighted by Gasteiger charge is -2.10. The van der Waals surface area contributed by atoms with Gasteiger partial charge < -0.3 is 10.0 Å². The van der Waals surface area contributed by atoms with Crippen LogP contribution in [0.5, 0.6) is 0 Å². The largest absolute Gasteiger partial charge is 0.488 e. The number of rotatable bonds is 9. The van der Waals surface area contributed by atoms with Crippen LogP contribution >= 0.6 is 65.9 Å². The van der Waals surface area contributed by atoms with E-state index < -0.39 is 7.12 Å². The van der Waals surface area contributed by atoms with Crippen molar-refractivity contribution in [2.75, 3.05) is 0 Å². The Hall–Kier alpha value is -9.74. The van der Waals surface area contributed by atoms with Gasteiger partial charge in [0, 0.05) is 97.5 Å². The zero-order chi connectivity index (χ0) is 62.1.